The zero-order chi connectivity index (χ0) is 11.9. The van der Waals surface area contributed by atoms with Gasteiger partial charge >= 0.3 is 5.97 Å². The maximum Gasteiger partial charge on any atom is 0.341 e. The number of carbonyl (C=O) groups is 1. The highest BCUT2D eigenvalue weighted by atomic mass is 19.1. The van der Waals surface area contributed by atoms with Crippen molar-refractivity contribution in [2.75, 3.05) is 5.73 Å². The van der Waals surface area contributed by atoms with Crippen LogP contribution in [0.5, 0.6) is 0 Å². The van der Waals surface area contributed by atoms with Crippen molar-refractivity contribution >= 4 is 22.7 Å². The molecule has 16 heavy (non-hydrogen) atoms. The van der Waals surface area contributed by atoms with Crippen LogP contribution in [0.1, 0.15) is 10.4 Å². The lowest BCUT2D eigenvalue weighted by Crippen LogP contribution is -2.17. The number of aromatic carboxylic acids is 1. The van der Waals surface area contributed by atoms with E-state index in [1.807, 2.05) is 0 Å². The zero-order valence-electron chi connectivity index (χ0n) is 7.82. The highest BCUT2D eigenvalue weighted by molar-refractivity contribution is 5.95. The average Bonchev–Trinajstić information content (AvgIpc) is 2.23. The van der Waals surface area contributed by atoms with Crippen molar-refractivity contribution in [1.29, 1.82) is 0 Å². The SMILES string of the molecule is Nc1c(F)cnc2[nH]cc(C(=O)O)c(=O)c12. The fourth-order valence-corrected chi connectivity index (χ4v) is 1.34. The molecule has 0 spiro atoms. The molecule has 0 unspecified atom stereocenters. The van der Waals surface area contributed by atoms with Crippen LogP contribution in [0.3, 0.4) is 0 Å². The van der Waals surface area contributed by atoms with E-state index in [0.29, 0.717) is 0 Å². The molecular weight excluding hydrogens is 217 g/mol. The summed E-state index contributed by atoms with van der Waals surface area (Å²) in [4.78, 5) is 28.4. The molecule has 2 aromatic rings. The maximum atomic E-state index is 13.1. The van der Waals surface area contributed by atoms with Crippen LogP contribution in [0.25, 0.3) is 11.0 Å². The molecule has 4 N–H and O–H groups in total. The van der Waals surface area contributed by atoms with Crippen LogP contribution in [0.2, 0.25) is 0 Å². The highest BCUT2D eigenvalue weighted by Crippen LogP contribution is 2.17. The number of H-pyrrole nitrogens is 1. The van der Waals surface area contributed by atoms with Crippen LogP contribution in [-0.4, -0.2) is 21.0 Å². The molecule has 0 aliphatic carbocycles. The number of nitrogens with one attached hydrogen (secondary N) is 1. The lowest BCUT2D eigenvalue weighted by Gasteiger charge is -2.02. The molecule has 0 atom stereocenters. The first-order chi connectivity index (χ1) is 7.52. The number of hydrogen-bond acceptors (Lipinski definition) is 4. The molecule has 0 radical (unpaired) electrons. The number of halogens is 1. The number of carboxylic acid groups (broad SMARTS) is 1. The van der Waals surface area contributed by atoms with Crippen molar-refractivity contribution in [3.63, 3.8) is 0 Å². The normalized spacial score (nSPS) is 10.6. The number of anilines is 1. The summed E-state index contributed by atoms with van der Waals surface area (Å²) in [6.07, 6.45) is 1.85. The summed E-state index contributed by atoms with van der Waals surface area (Å²) in [5.41, 5.74) is 3.64. The van der Waals surface area contributed by atoms with E-state index >= 15 is 0 Å². The predicted molar refractivity (Wildman–Crippen MR) is 53.7 cm³/mol. The lowest BCUT2D eigenvalue weighted by atomic mass is 10.2. The molecule has 0 saturated carbocycles. The third-order valence-corrected chi connectivity index (χ3v) is 2.13. The summed E-state index contributed by atoms with van der Waals surface area (Å²) >= 11 is 0. The molecule has 6 nitrogen and oxygen atoms in total. The molecule has 0 saturated heterocycles. The van der Waals surface area contributed by atoms with Gasteiger partial charge in [-0.05, 0) is 0 Å². The van der Waals surface area contributed by atoms with Crippen LogP contribution in [0.4, 0.5) is 10.1 Å². The molecule has 0 aromatic carbocycles. The number of nitrogens with zero attached hydrogens (tertiary/aromatic N) is 1. The second-order valence-corrected chi connectivity index (χ2v) is 3.08. The van der Waals surface area contributed by atoms with Gasteiger partial charge in [-0.1, -0.05) is 0 Å². The molecule has 2 rings (SSSR count). The second kappa shape index (κ2) is 3.30. The van der Waals surface area contributed by atoms with E-state index in [1.165, 1.54) is 0 Å². The number of nitrogens with two attached hydrogens (primary N) is 1. The fourth-order valence-electron chi connectivity index (χ4n) is 1.34. The minimum atomic E-state index is -1.41. The Morgan fingerprint density at radius 1 is 1.56 bits per heavy atom. The van der Waals surface area contributed by atoms with Gasteiger partial charge in [0.1, 0.15) is 11.2 Å². The average molecular weight is 223 g/mol. The van der Waals surface area contributed by atoms with E-state index in [4.69, 9.17) is 10.8 Å². The number of hydrogen-bond donors (Lipinski definition) is 3. The van der Waals surface area contributed by atoms with Crippen LogP contribution in [-0.2, 0) is 0 Å². The van der Waals surface area contributed by atoms with E-state index in [9.17, 15) is 14.0 Å². The number of fused-ring (bicyclic) bond motifs is 1. The van der Waals surface area contributed by atoms with Crippen molar-refractivity contribution in [3.8, 4) is 0 Å². The Hall–Kier alpha value is -2.44. The molecular formula is C9H6FN3O3. The van der Waals surface area contributed by atoms with Gasteiger partial charge in [-0.2, -0.15) is 0 Å². The number of nitrogen functional groups attached to an aromatic ring is 1. The monoisotopic (exact) mass is 223 g/mol. The predicted octanol–water partition coefficient (Wildman–Crippen LogP) is 0.343. The van der Waals surface area contributed by atoms with Crippen LogP contribution in [0.15, 0.2) is 17.2 Å². The van der Waals surface area contributed by atoms with Gasteiger partial charge in [0, 0.05) is 6.20 Å². The molecule has 2 aromatic heterocycles. The van der Waals surface area contributed by atoms with Gasteiger partial charge < -0.3 is 15.8 Å². The molecule has 0 amide bonds. The lowest BCUT2D eigenvalue weighted by molar-refractivity contribution is 0.0695. The second-order valence-electron chi connectivity index (χ2n) is 3.08. The number of carboxylic acids is 1. The van der Waals surface area contributed by atoms with Gasteiger partial charge in [-0.15, -0.1) is 0 Å². The van der Waals surface area contributed by atoms with E-state index in [2.05, 4.69) is 9.97 Å². The van der Waals surface area contributed by atoms with E-state index in [-0.39, 0.29) is 11.0 Å². The Bertz CT molecular complexity index is 650. The van der Waals surface area contributed by atoms with Crippen molar-refractivity contribution in [1.82, 2.24) is 9.97 Å². The maximum absolute atomic E-state index is 13.1. The summed E-state index contributed by atoms with van der Waals surface area (Å²) in [6.45, 7) is 0. The molecule has 7 heteroatoms. The third-order valence-electron chi connectivity index (χ3n) is 2.13. The summed E-state index contributed by atoms with van der Waals surface area (Å²) in [5, 5.41) is 8.46. The smallest absolute Gasteiger partial charge is 0.341 e. The number of aromatic nitrogens is 2. The molecule has 2 heterocycles. The molecule has 82 valence electrons. The highest BCUT2D eigenvalue weighted by Gasteiger charge is 2.15. The van der Waals surface area contributed by atoms with Gasteiger partial charge in [0.25, 0.3) is 0 Å². The zero-order valence-corrected chi connectivity index (χ0v) is 7.82. The third kappa shape index (κ3) is 1.29. The first-order valence-corrected chi connectivity index (χ1v) is 4.21. The van der Waals surface area contributed by atoms with E-state index < -0.39 is 28.5 Å². The van der Waals surface area contributed by atoms with Gasteiger partial charge in [0.2, 0.25) is 5.43 Å². The minimum absolute atomic E-state index is 0.0499. The minimum Gasteiger partial charge on any atom is -0.477 e. The topological polar surface area (TPSA) is 109 Å². The van der Waals surface area contributed by atoms with E-state index in [0.717, 1.165) is 12.4 Å². The van der Waals surface area contributed by atoms with Crippen molar-refractivity contribution in [2.45, 2.75) is 0 Å². The Kier molecular flexibility index (Phi) is 2.08. The van der Waals surface area contributed by atoms with Crippen molar-refractivity contribution in [3.05, 3.63) is 34.0 Å². The molecule has 0 aliphatic rings. The van der Waals surface area contributed by atoms with Gasteiger partial charge in [0.05, 0.1) is 17.3 Å². The van der Waals surface area contributed by atoms with Crippen LogP contribution < -0.4 is 11.2 Å². The Morgan fingerprint density at radius 2 is 2.25 bits per heavy atom. The number of pyridine rings is 2. The number of aromatic amines is 1. The van der Waals surface area contributed by atoms with Crippen LogP contribution >= 0.6 is 0 Å². The molecule has 0 aliphatic heterocycles. The van der Waals surface area contributed by atoms with Crippen LogP contribution in [0, 0.1) is 5.82 Å². The standard InChI is InChI=1S/C9H6FN3O3/c10-4-2-13-8-5(6(4)11)7(14)3(1-12-8)9(15)16/h1-2H,(H,15,16)(H3,11,12,13,14). The summed E-state index contributed by atoms with van der Waals surface area (Å²) < 4.78 is 13.1. The molecule has 0 fully saturated rings. The summed E-state index contributed by atoms with van der Waals surface area (Å²) in [7, 11) is 0. The largest absolute Gasteiger partial charge is 0.477 e. The van der Waals surface area contributed by atoms with E-state index in [1.54, 1.807) is 0 Å². The first-order valence-electron chi connectivity index (χ1n) is 4.21. The number of rotatable bonds is 1. The van der Waals surface area contributed by atoms with Gasteiger partial charge in [-0.3, -0.25) is 4.79 Å². The summed E-state index contributed by atoms with van der Waals surface area (Å²) in [5.74, 6) is -2.27. The Balaban J connectivity index is 2.98. The Labute approximate surface area is 87.5 Å². The molecule has 0 bridgehead atoms. The summed E-state index contributed by atoms with van der Waals surface area (Å²) in [6, 6.07) is 0. The Morgan fingerprint density at radius 3 is 2.88 bits per heavy atom. The van der Waals surface area contributed by atoms with Crippen molar-refractivity contribution < 1.29 is 14.3 Å². The first kappa shape index (κ1) is 10.1. The quantitative estimate of drug-likeness (QED) is 0.645. The van der Waals surface area contributed by atoms with Crippen molar-refractivity contribution in [2.24, 2.45) is 0 Å². The van der Waals surface area contributed by atoms with Gasteiger partial charge in [0.15, 0.2) is 5.82 Å². The van der Waals surface area contributed by atoms with Gasteiger partial charge in [-0.25, -0.2) is 14.2 Å². The fraction of sp³-hybridized carbons (Fsp3) is 0.